The Morgan fingerprint density at radius 1 is 0.871 bits per heavy atom. The molecule has 0 saturated carbocycles. The van der Waals surface area contributed by atoms with Crippen LogP contribution < -0.4 is 16.8 Å². The molecule has 5 aromatic rings. The highest BCUT2D eigenvalue weighted by Gasteiger charge is 2.15. The van der Waals surface area contributed by atoms with Gasteiger partial charge in [-0.05, 0) is 43.3 Å². The Balaban J connectivity index is 1.77. The second-order valence-electron chi connectivity index (χ2n) is 7.38. The highest BCUT2D eigenvalue weighted by molar-refractivity contribution is 5.78. The summed E-state index contributed by atoms with van der Waals surface area (Å²) in [5.41, 5.74) is 1.85. The van der Waals surface area contributed by atoms with Crippen molar-refractivity contribution in [3.63, 3.8) is 0 Å². The molecule has 0 saturated heterocycles. The normalized spacial score (nSPS) is 11.3. The molecule has 0 N–H and O–H groups in total. The average molecular weight is 410 g/mol. The van der Waals surface area contributed by atoms with Crippen molar-refractivity contribution in [1.29, 1.82) is 0 Å². The van der Waals surface area contributed by atoms with Gasteiger partial charge in [0.05, 0.1) is 28.8 Å². The molecule has 0 aliphatic heterocycles. The zero-order valence-electron chi connectivity index (χ0n) is 16.7. The minimum Gasteiger partial charge on any atom is -0.287 e. The number of nitrogens with zero attached hydrogens (tertiary/aromatic N) is 4. The summed E-state index contributed by atoms with van der Waals surface area (Å²) in [6, 6.07) is 20.9. The van der Waals surface area contributed by atoms with Crippen molar-refractivity contribution < 1.29 is 0 Å². The fourth-order valence-electron chi connectivity index (χ4n) is 3.74. The smallest absolute Gasteiger partial charge is 0.287 e. The third-order valence-electron chi connectivity index (χ3n) is 5.29. The molecule has 0 unspecified atom stereocenters. The van der Waals surface area contributed by atoms with Gasteiger partial charge in [0.1, 0.15) is 5.65 Å². The standard InChI is InChI=1S/C24H18N4O3/c1-16-9-11-18(12-10-16)28-23(30)19-6-2-3-7-20(19)27(24(28)31)15-17-14-22(29)26-13-5-4-8-21(26)25-17/h2-14H,15H2,1H3. The van der Waals surface area contributed by atoms with Crippen LogP contribution in [0, 0.1) is 6.92 Å². The van der Waals surface area contributed by atoms with Crippen molar-refractivity contribution in [1.82, 2.24) is 18.5 Å². The number of benzene rings is 2. The molecule has 31 heavy (non-hydrogen) atoms. The van der Waals surface area contributed by atoms with E-state index in [0.29, 0.717) is 27.9 Å². The van der Waals surface area contributed by atoms with E-state index < -0.39 is 5.69 Å². The summed E-state index contributed by atoms with van der Waals surface area (Å²) < 4.78 is 4.09. The van der Waals surface area contributed by atoms with Gasteiger partial charge in [0.15, 0.2) is 0 Å². The van der Waals surface area contributed by atoms with E-state index in [-0.39, 0.29) is 17.7 Å². The lowest BCUT2D eigenvalue weighted by atomic mass is 10.2. The van der Waals surface area contributed by atoms with Crippen molar-refractivity contribution in [3.8, 4) is 5.69 Å². The topological polar surface area (TPSA) is 78.4 Å². The van der Waals surface area contributed by atoms with E-state index >= 15 is 0 Å². The third kappa shape index (κ3) is 3.16. The van der Waals surface area contributed by atoms with Crippen molar-refractivity contribution in [2.75, 3.05) is 0 Å². The average Bonchev–Trinajstić information content (AvgIpc) is 2.78. The van der Waals surface area contributed by atoms with Crippen molar-refractivity contribution in [2.24, 2.45) is 0 Å². The van der Waals surface area contributed by atoms with Crippen LogP contribution in [-0.4, -0.2) is 18.5 Å². The first-order valence-corrected chi connectivity index (χ1v) is 9.82. The molecular weight excluding hydrogens is 392 g/mol. The summed E-state index contributed by atoms with van der Waals surface area (Å²) in [6.07, 6.45) is 1.65. The Hall–Kier alpha value is -4.26. The third-order valence-corrected chi connectivity index (χ3v) is 5.29. The predicted molar refractivity (Wildman–Crippen MR) is 119 cm³/mol. The molecule has 0 aliphatic carbocycles. The molecule has 0 aliphatic rings. The summed E-state index contributed by atoms with van der Waals surface area (Å²) in [4.78, 5) is 43.6. The maximum Gasteiger partial charge on any atom is 0.336 e. The highest BCUT2D eigenvalue weighted by Crippen LogP contribution is 2.12. The maximum atomic E-state index is 13.5. The molecule has 0 spiro atoms. The molecule has 0 radical (unpaired) electrons. The fourth-order valence-corrected chi connectivity index (χ4v) is 3.74. The number of para-hydroxylation sites is 1. The molecule has 0 fully saturated rings. The molecule has 152 valence electrons. The fraction of sp³-hybridized carbons (Fsp3) is 0.0833. The van der Waals surface area contributed by atoms with Gasteiger partial charge in [-0.15, -0.1) is 0 Å². The summed E-state index contributed by atoms with van der Waals surface area (Å²) in [7, 11) is 0. The highest BCUT2D eigenvalue weighted by atomic mass is 16.2. The Bertz CT molecular complexity index is 1630. The molecule has 0 amide bonds. The molecule has 3 heterocycles. The first-order chi connectivity index (χ1) is 15.0. The number of aryl methyl sites for hydroxylation is 1. The zero-order chi connectivity index (χ0) is 21.5. The molecule has 7 heteroatoms. The Kier molecular flexibility index (Phi) is 4.36. The minimum absolute atomic E-state index is 0.0616. The van der Waals surface area contributed by atoms with Gasteiger partial charge in [-0.3, -0.25) is 18.6 Å². The van der Waals surface area contributed by atoms with Gasteiger partial charge in [-0.25, -0.2) is 14.3 Å². The first-order valence-electron chi connectivity index (χ1n) is 9.82. The Morgan fingerprint density at radius 2 is 1.61 bits per heavy atom. The molecule has 5 rings (SSSR count). The second-order valence-corrected chi connectivity index (χ2v) is 7.38. The van der Waals surface area contributed by atoms with Gasteiger partial charge in [-0.1, -0.05) is 35.9 Å². The zero-order valence-corrected chi connectivity index (χ0v) is 16.7. The van der Waals surface area contributed by atoms with E-state index in [2.05, 4.69) is 4.98 Å². The minimum atomic E-state index is -0.484. The lowest BCUT2D eigenvalue weighted by Crippen LogP contribution is -2.39. The van der Waals surface area contributed by atoms with Crippen molar-refractivity contribution in [2.45, 2.75) is 13.5 Å². The molecule has 3 aromatic heterocycles. The van der Waals surface area contributed by atoms with Crippen LogP contribution in [0.25, 0.3) is 22.2 Å². The van der Waals surface area contributed by atoms with Crippen LogP contribution in [0.15, 0.2) is 93.4 Å². The monoisotopic (exact) mass is 410 g/mol. The predicted octanol–water partition coefficient (Wildman–Crippen LogP) is 2.52. The maximum absolute atomic E-state index is 13.5. The number of rotatable bonds is 3. The van der Waals surface area contributed by atoms with Crippen LogP contribution in [0.2, 0.25) is 0 Å². The van der Waals surface area contributed by atoms with Crippen LogP contribution in [0.3, 0.4) is 0 Å². The van der Waals surface area contributed by atoms with Crippen LogP contribution in [-0.2, 0) is 6.54 Å². The van der Waals surface area contributed by atoms with Crippen molar-refractivity contribution >= 4 is 16.6 Å². The summed E-state index contributed by atoms with van der Waals surface area (Å²) in [5.74, 6) is 0. The molecule has 7 nitrogen and oxygen atoms in total. The lowest BCUT2D eigenvalue weighted by molar-refractivity contribution is 0.700. The second kappa shape index (κ2) is 7.21. The lowest BCUT2D eigenvalue weighted by Gasteiger charge is -2.14. The Labute approximate surface area is 176 Å². The van der Waals surface area contributed by atoms with Crippen LogP contribution in [0.4, 0.5) is 0 Å². The van der Waals surface area contributed by atoms with E-state index in [0.717, 1.165) is 10.1 Å². The number of hydrogen-bond donors (Lipinski definition) is 0. The van der Waals surface area contributed by atoms with E-state index in [1.807, 2.05) is 19.1 Å². The van der Waals surface area contributed by atoms with Gasteiger partial charge in [0.25, 0.3) is 11.1 Å². The van der Waals surface area contributed by atoms with Gasteiger partial charge in [0.2, 0.25) is 0 Å². The number of pyridine rings is 1. The van der Waals surface area contributed by atoms with Gasteiger partial charge < -0.3 is 0 Å². The van der Waals surface area contributed by atoms with Crippen LogP contribution >= 0.6 is 0 Å². The van der Waals surface area contributed by atoms with Gasteiger partial charge in [-0.2, -0.15) is 0 Å². The summed E-state index contributed by atoms with van der Waals surface area (Å²) in [6.45, 7) is 2.00. The first kappa shape index (κ1) is 18.7. The molecule has 2 aromatic carbocycles. The number of hydrogen-bond acceptors (Lipinski definition) is 4. The number of fused-ring (bicyclic) bond motifs is 2. The van der Waals surface area contributed by atoms with E-state index in [9.17, 15) is 14.4 Å². The Morgan fingerprint density at radius 3 is 2.42 bits per heavy atom. The quantitative estimate of drug-likeness (QED) is 0.458. The number of aromatic nitrogens is 4. The van der Waals surface area contributed by atoms with Crippen molar-refractivity contribution in [3.05, 3.63) is 121 Å². The van der Waals surface area contributed by atoms with E-state index in [1.54, 1.807) is 60.8 Å². The van der Waals surface area contributed by atoms with Gasteiger partial charge in [0, 0.05) is 12.3 Å². The van der Waals surface area contributed by atoms with Crippen LogP contribution in [0.1, 0.15) is 11.3 Å². The molecular formula is C24H18N4O3. The van der Waals surface area contributed by atoms with E-state index in [1.165, 1.54) is 15.0 Å². The van der Waals surface area contributed by atoms with Gasteiger partial charge >= 0.3 is 5.69 Å². The molecule has 0 atom stereocenters. The SMILES string of the molecule is Cc1ccc(-n2c(=O)c3ccccc3n(Cc3cc(=O)n4ccccc4n3)c2=O)cc1. The largest absolute Gasteiger partial charge is 0.336 e. The van der Waals surface area contributed by atoms with E-state index in [4.69, 9.17) is 0 Å². The summed E-state index contributed by atoms with van der Waals surface area (Å²) >= 11 is 0. The summed E-state index contributed by atoms with van der Waals surface area (Å²) in [5, 5.41) is 0.417. The molecule has 0 bridgehead atoms. The van der Waals surface area contributed by atoms with Crippen LogP contribution in [0.5, 0.6) is 0 Å².